The number of aliphatic hydroxyl groups excluding tert-OH is 2. The summed E-state index contributed by atoms with van der Waals surface area (Å²) in [7, 11) is -5.22. The topological polar surface area (TPSA) is 168 Å². The molecule has 13 heteroatoms. The molecular weight excluding hydrogens is 1190 g/mol. The van der Waals surface area contributed by atoms with Gasteiger partial charge >= 0.3 is 17.2 Å². The molecule has 2 aliphatic rings. The second-order valence-corrected chi connectivity index (χ2v) is 35.4. The van der Waals surface area contributed by atoms with Crippen LogP contribution in [0.3, 0.4) is 0 Å². The van der Waals surface area contributed by atoms with Crippen LogP contribution in [0.1, 0.15) is 336 Å². The summed E-state index contributed by atoms with van der Waals surface area (Å²) >= 11 is 0. The van der Waals surface area contributed by atoms with Gasteiger partial charge in [0.1, 0.15) is 24.4 Å². The van der Waals surface area contributed by atoms with E-state index in [2.05, 4.69) is 271 Å². The van der Waals surface area contributed by atoms with Gasteiger partial charge in [0.15, 0.2) is 12.6 Å². The van der Waals surface area contributed by atoms with Gasteiger partial charge in [0.25, 0.3) is 0 Å². The van der Waals surface area contributed by atoms with Crippen LogP contribution in [-0.4, -0.2) is 55.6 Å². The van der Waals surface area contributed by atoms with Crippen LogP contribution >= 0.6 is 17.2 Å². The lowest BCUT2D eigenvalue weighted by Crippen LogP contribution is -2.62. The van der Waals surface area contributed by atoms with Crippen molar-refractivity contribution in [1.82, 2.24) is 0 Å². The fourth-order valence-electron chi connectivity index (χ4n) is 12.9. The van der Waals surface area contributed by atoms with Crippen molar-refractivity contribution in [3.63, 3.8) is 0 Å². The molecule has 0 amide bonds. The number of hydrogen-bond donors (Lipinski definition) is 6. The molecule has 0 aliphatic carbocycles. The maximum atomic E-state index is 11.8. The largest absolute Gasteiger partial charge is 0.396 e. The Morgan fingerprint density at radius 2 is 0.511 bits per heavy atom. The molecule has 0 bridgehead atoms. The normalized spacial score (nSPS) is 21.9. The van der Waals surface area contributed by atoms with Gasteiger partial charge in [0.05, 0.1) is 18.6 Å². The zero-order valence-corrected chi connectivity index (χ0v) is 64.4. The molecule has 0 radical (unpaired) electrons. The first-order chi connectivity index (χ1) is 42.2. The Hall–Kier alpha value is -2.70. The number of rotatable bonds is 26. The van der Waals surface area contributed by atoms with Gasteiger partial charge in [-0.15, -0.1) is 0 Å². The second-order valence-electron chi connectivity index (χ2n) is 33.7. The van der Waals surface area contributed by atoms with Crippen LogP contribution in [-0.2, 0) is 66.6 Å². The van der Waals surface area contributed by atoms with E-state index in [4.69, 9.17) is 38.5 Å². The highest BCUT2D eigenvalue weighted by atomic mass is 31.2. The molecule has 0 aromatic heterocycles. The van der Waals surface area contributed by atoms with Gasteiger partial charge < -0.3 is 48.7 Å². The molecule has 4 atom stereocenters. The summed E-state index contributed by atoms with van der Waals surface area (Å²) in [6.07, 6.45) is 2.49. The third kappa shape index (κ3) is 16.4. The molecule has 4 aromatic rings. The summed E-state index contributed by atoms with van der Waals surface area (Å²) in [5.74, 6) is 0. The van der Waals surface area contributed by atoms with E-state index < -0.39 is 70.4 Å². The van der Waals surface area contributed by atoms with E-state index in [1.807, 2.05) is 0 Å². The van der Waals surface area contributed by atoms with E-state index in [1.165, 1.54) is 44.5 Å². The summed E-state index contributed by atoms with van der Waals surface area (Å²) in [6, 6.07) is 29.2. The first kappa shape index (κ1) is 80.0. The van der Waals surface area contributed by atoms with Crippen molar-refractivity contribution in [3.05, 3.63) is 140 Å². The standard InChI is InChI=1S/C79H124O6.H4O5P2/c1-29-69(9,10)51-37-41-55(59(45-51)73(17,18)33-5)63-79(64(83-67(82-63)77(25,26)49-80)56-42-38-52(70(11,12)30-2)46-60(56)74(19,20)34-6)65(57-43-39-53(71(13,14)31-3)47-61(57)75(21,22)35-7)84-68(78(27,28)50-81)85-66(79)58-44-40-54(72(15,16)32-4)48-62(58)76(23,24)36-8;1-6(2)5-7(3)4/h37-48,63-68,80-81H,29-36,49-50H2,1-28H3;1-4H. The molecule has 6 rings (SSSR count). The Balaban J connectivity index is 0.00000207. The Kier molecular flexibility index (Phi) is 25.9. The summed E-state index contributed by atoms with van der Waals surface area (Å²) in [5.41, 5.74) is 9.59. The molecule has 6 N–H and O–H groups in total. The molecule has 11 nitrogen and oxygen atoms in total. The van der Waals surface area contributed by atoms with Crippen molar-refractivity contribution in [1.29, 1.82) is 0 Å². The number of hydrogen-bond acceptors (Lipinski definition) is 11. The van der Waals surface area contributed by atoms with Gasteiger partial charge in [-0.25, -0.2) is 4.31 Å². The molecule has 1 spiro atoms. The van der Waals surface area contributed by atoms with Crippen LogP contribution in [0.25, 0.3) is 0 Å². The van der Waals surface area contributed by atoms with Crippen LogP contribution in [0, 0.1) is 16.2 Å². The molecular formula is C79H128O11P2. The van der Waals surface area contributed by atoms with Gasteiger partial charge in [-0.2, -0.15) is 0 Å². The molecule has 2 saturated heterocycles. The summed E-state index contributed by atoms with van der Waals surface area (Å²) in [5, 5.41) is 23.6. The highest BCUT2D eigenvalue weighted by molar-refractivity contribution is 7.53. The Bertz CT molecular complexity index is 2690. The Morgan fingerprint density at radius 1 is 0.326 bits per heavy atom. The minimum Gasteiger partial charge on any atom is -0.396 e. The zero-order chi connectivity index (χ0) is 70.1. The molecule has 2 fully saturated rings. The SMILES string of the molecule is CCC(C)(C)c1ccc(C2OC(C(C)(C)CO)OC(c3ccc(C(C)(C)CC)cc3C(C)(C)CC)C23C(c2ccc(C(C)(C)CC)cc2C(C)(C)CC)OC(C(C)(C)CO)OC3c2ccc(C(C)(C)CC)cc2C(C)(C)CC)c(C(C)(C)CC)c1.OP(O)OP(O)O. The predicted molar refractivity (Wildman–Crippen MR) is 383 cm³/mol. The average molecular weight is 1320 g/mol. The first-order valence-corrected chi connectivity index (χ1v) is 37.0. The van der Waals surface area contributed by atoms with Gasteiger partial charge in [-0.05, 0) is 161 Å². The van der Waals surface area contributed by atoms with Crippen LogP contribution in [0.15, 0.2) is 72.8 Å². The lowest BCUT2D eigenvalue weighted by Gasteiger charge is -2.64. The maximum absolute atomic E-state index is 11.8. The van der Waals surface area contributed by atoms with E-state index in [0.717, 1.165) is 73.6 Å². The Morgan fingerprint density at radius 3 is 0.652 bits per heavy atom. The number of aliphatic hydroxyl groups is 2. The van der Waals surface area contributed by atoms with Crippen molar-refractivity contribution in [2.24, 2.45) is 16.2 Å². The van der Waals surface area contributed by atoms with Crippen molar-refractivity contribution in [2.45, 2.75) is 326 Å². The highest BCUT2D eigenvalue weighted by Gasteiger charge is 2.70. The van der Waals surface area contributed by atoms with Crippen molar-refractivity contribution < 1.29 is 53.0 Å². The molecule has 4 aromatic carbocycles. The van der Waals surface area contributed by atoms with E-state index in [1.54, 1.807) is 0 Å². The predicted octanol–water partition coefficient (Wildman–Crippen LogP) is 20.6. The summed E-state index contributed by atoms with van der Waals surface area (Å²) in [4.78, 5) is 31.3. The molecule has 4 unspecified atom stereocenters. The fraction of sp³-hybridized carbons (Fsp3) is 0.696. The van der Waals surface area contributed by atoms with Gasteiger partial charge in [-0.3, -0.25) is 0 Å². The second kappa shape index (κ2) is 29.8. The van der Waals surface area contributed by atoms with Crippen molar-refractivity contribution in [3.8, 4) is 0 Å². The average Bonchev–Trinajstić information content (AvgIpc) is 0.680. The minimum absolute atomic E-state index is 0.113. The molecule has 520 valence electrons. The van der Waals surface area contributed by atoms with Crippen LogP contribution < -0.4 is 0 Å². The monoisotopic (exact) mass is 1310 g/mol. The number of benzene rings is 4. The fourth-order valence-corrected chi connectivity index (χ4v) is 13.4. The summed E-state index contributed by atoms with van der Waals surface area (Å²) < 4.78 is 36.8. The smallest absolute Gasteiger partial charge is 0.334 e. The molecule has 0 saturated carbocycles. The van der Waals surface area contributed by atoms with E-state index in [9.17, 15) is 10.2 Å². The van der Waals surface area contributed by atoms with Gasteiger partial charge in [0, 0.05) is 10.8 Å². The summed E-state index contributed by atoms with van der Waals surface area (Å²) in [6.45, 7) is 64.6. The third-order valence-electron chi connectivity index (χ3n) is 23.5. The van der Waals surface area contributed by atoms with E-state index in [0.29, 0.717) is 0 Å². The maximum Gasteiger partial charge on any atom is 0.334 e. The molecule has 92 heavy (non-hydrogen) atoms. The van der Waals surface area contributed by atoms with Crippen LogP contribution in [0.4, 0.5) is 0 Å². The van der Waals surface area contributed by atoms with Gasteiger partial charge in [0.2, 0.25) is 0 Å². The van der Waals surface area contributed by atoms with Crippen molar-refractivity contribution >= 4 is 17.2 Å². The third-order valence-corrected chi connectivity index (χ3v) is 24.7. The van der Waals surface area contributed by atoms with Crippen molar-refractivity contribution in [2.75, 3.05) is 13.2 Å². The highest BCUT2D eigenvalue weighted by Crippen LogP contribution is 2.72. The molecule has 2 aliphatic heterocycles. The van der Waals surface area contributed by atoms with Crippen LogP contribution in [0.5, 0.6) is 0 Å². The van der Waals surface area contributed by atoms with E-state index in [-0.39, 0.29) is 56.5 Å². The lowest BCUT2D eigenvalue weighted by atomic mass is 9.56. The van der Waals surface area contributed by atoms with Crippen LogP contribution in [0.2, 0.25) is 0 Å². The number of ether oxygens (including phenoxy) is 4. The first-order valence-electron chi connectivity index (χ1n) is 34.7. The molecule has 2 heterocycles. The lowest BCUT2D eigenvalue weighted by molar-refractivity contribution is -0.431. The van der Waals surface area contributed by atoms with Gasteiger partial charge in [-0.1, -0.05) is 267 Å². The quantitative estimate of drug-likeness (QED) is 0.0331. The van der Waals surface area contributed by atoms with E-state index >= 15 is 0 Å². The Labute approximate surface area is 562 Å². The minimum atomic E-state index is -2.61. The zero-order valence-electron chi connectivity index (χ0n) is 62.6.